The van der Waals surface area contributed by atoms with Gasteiger partial charge in [-0.25, -0.2) is 4.79 Å². The molecule has 0 atom stereocenters. The number of carbonyl (C=O) groups is 1. The van der Waals surface area contributed by atoms with E-state index >= 15 is 0 Å². The number of aromatic carboxylic acids is 1. The van der Waals surface area contributed by atoms with E-state index in [1.165, 1.54) is 12.8 Å². The van der Waals surface area contributed by atoms with Crippen molar-refractivity contribution in [2.24, 2.45) is 0 Å². The van der Waals surface area contributed by atoms with Crippen LogP contribution < -0.4 is 4.90 Å². The lowest BCUT2D eigenvalue weighted by molar-refractivity contribution is 0.0697. The largest absolute Gasteiger partial charge is 0.478 e. The van der Waals surface area contributed by atoms with Crippen molar-refractivity contribution in [1.29, 1.82) is 0 Å². The fraction of sp³-hybridized carbons (Fsp3) is 0.609. The molecule has 2 saturated heterocycles. The maximum Gasteiger partial charge on any atom is 0.336 e. The predicted octanol–water partition coefficient (Wildman–Crippen LogP) is 4.29. The van der Waals surface area contributed by atoms with Gasteiger partial charge < -0.3 is 19.2 Å². The number of carboxylic acid groups (broad SMARTS) is 1. The average Bonchev–Trinajstić information content (AvgIpc) is 3.37. The summed E-state index contributed by atoms with van der Waals surface area (Å²) in [5, 5.41) is 10.8. The molecule has 6 nitrogen and oxygen atoms in total. The Labute approximate surface area is 172 Å². The monoisotopic (exact) mass is 400 g/mol. The van der Waals surface area contributed by atoms with Crippen LogP contribution in [0.5, 0.6) is 0 Å². The Morgan fingerprint density at radius 2 is 1.93 bits per heavy atom. The predicted molar refractivity (Wildman–Crippen MR) is 114 cm³/mol. The summed E-state index contributed by atoms with van der Waals surface area (Å²) in [6.07, 6.45) is 5.06. The Morgan fingerprint density at radius 1 is 1.21 bits per heavy atom. The van der Waals surface area contributed by atoms with Crippen LogP contribution in [0.2, 0.25) is 0 Å². The normalized spacial score (nSPS) is 18.6. The summed E-state index contributed by atoms with van der Waals surface area (Å²) in [6.45, 7) is 9.46. The standard InChI is InChI=1S/C23H32N2O4/c1-3-18-20(25(4-2)16-7-11-28-12-8-16)14-21-19(22(18)23(26)27)13-17(29-21)15-24-9-5-6-10-24/h13-14,16H,3-12,15H2,1-2H3,(H,26,27). The second-order valence-electron chi connectivity index (χ2n) is 8.15. The van der Waals surface area contributed by atoms with Crippen molar-refractivity contribution in [3.05, 3.63) is 29.0 Å². The molecule has 1 aromatic carbocycles. The fourth-order valence-electron chi connectivity index (χ4n) is 4.98. The van der Waals surface area contributed by atoms with E-state index in [4.69, 9.17) is 9.15 Å². The highest BCUT2D eigenvalue weighted by Gasteiger charge is 2.27. The van der Waals surface area contributed by atoms with Gasteiger partial charge >= 0.3 is 5.97 Å². The summed E-state index contributed by atoms with van der Waals surface area (Å²) in [5.74, 6) is -0.0111. The summed E-state index contributed by atoms with van der Waals surface area (Å²) in [6, 6.07) is 4.40. The molecule has 0 bridgehead atoms. The Kier molecular flexibility index (Phi) is 6.11. The summed E-state index contributed by atoms with van der Waals surface area (Å²) in [7, 11) is 0. The van der Waals surface area contributed by atoms with Crippen LogP contribution in [-0.4, -0.2) is 54.9 Å². The van der Waals surface area contributed by atoms with Crippen LogP contribution in [0, 0.1) is 0 Å². The number of furan rings is 1. The van der Waals surface area contributed by atoms with Crippen LogP contribution in [0.4, 0.5) is 5.69 Å². The maximum absolute atomic E-state index is 12.3. The first kappa shape index (κ1) is 20.2. The Hall–Kier alpha value is -2.05. The van der Waals surface area contributed by atoms with Gasteiger partial charge in [-0.15, -0.1) is 0 Å². The van der Waals surface area contributed by atoms with Gasteiger partial charge in [0.1, 0.15) is 11.3 Å². The highest BCUT2D eigenvalue weighted by molar-refractivity contribution is 6.06. The lowest BCUT2D eigenvalue weighted by Gasteiger charge is -2.36. The summed E-state index contributed by atoms with van der Waals surface area (Å²) in [5.41, 5.74) is 3.01. The summed E-state index contributed by atoms with van der Waals surface area (Å²) >= 11 is 0. The van der Waals surface area contributed by atoms with Gasteiger partial charge in [0, 0.05) is 42.9 Å². The van der Waals surface area contributed by atoms with Gasteiger partial charge in [-0.2, -0.15) is 0 Å². The third kappa shape index (κ3) is 4.01. The van der Waals surface area contributed by atoms with Gasteiger partial charge in [0.2, 0.25) is 0 Å². The van der Waals surface area contributed by atoms with Crippen molar-refractivity contribution >= 4 is 22.6 Å². The number of ether oxygens (including phenoxy) is 1. The highest BCUT2D eigenvalue weighted by Crippen LogP contribution is 2.36. The topological polar surface area (TPSA) is 66.2 Å². The number of hydrogen-bond acceptors (Lipinski definition) is 5. The lowest BCUT2D eigenvalue weighted by Crippen LogP contribution is -2.40. The minimum Gasteiger partial charge on any atom is -0.478 e. The first-order valence-corrected chi connectivity index (χ1v) is 11.0. The van der Waals surface area contributed by atoms with Crippen LogP contribution in [0.25, 0.3) is 11.0 Å². The summed E-state index contributed by atoms with van der Waals surface area (Å²) < 4.78 is 11.7. The molecule has 2 aliphatic rings. The SMILES string of the molecule is CCc1c(N(CC)C2CCOCC2)cc2oc(CN3CCCC3)cc2c1C(=O)O. The molecule has 29 heavy (non-hydrogen) atoms. The number of benzene rings is 1. The van der Waals surface area contributed by atoms with Crippen molar-refractivity contribution in [2.75, 3.05) is 37.7 Å². The minimum atomic E-state index is -0.870. The molecule has 2 aliphatic heterocycles. The Balaban J connectivity index is 1.79. The summed E-state index contributed by atoms with van der Waals surface area (Å²) in [4.78, 5) is 17.0. The number of anilines is 1. The van der Waals surface area contributed by atoms with Gasteiger partial charge in [0.25, 0.3) is 0 Å². The van der Waals surface area contributed by atoms with Crippen molar-refractivity contribution < 1.29 is 19.1 Å². The molecule has 1 aromatic heterocycles. The van der Waals surface area contributed by atoms with E-state index in [2.05, 4.69) is 22.8 Å². The van der Waals surface area contributed by atoms with Gasteiger partial charge in [-0.3, -0.25) is 4.90 Å². The van der Waals surface area contributed by atoms with Crippen molar-refractivity contribution in [1.82, 2.24) is 4.90 Å². The Morgan fingerprint density at radius 3 is 2.55 bits per heavy atom. The zero-order chi connectivity index (χ0) is 20.4. The molecule has 6 heteroatoms. The van der Waals surface area contributed by atoms with Crippen LogP contribution in [-0.2, 0) is 17.7 Å². The zero-order valence-corrected chi connectivity index (χ0v) is 17.6. The lowest BCUT2D eigenvalue weighted by atomic mass is 9.96. The first-order chi connectivity index (χ1) is 14.1. The van der Waals surface area contributed by atoms with Gasteiger partial charge in [0.05, 0.1) is 12.1 Å². The molecule has 0 radical (unpaired) electrons. The minimum absolute atomic E-state index is 0.372. The molecule has 2 aromatic rings. The number of carboxylic acids is 1. The fourth-order valence-corrected chi connectivity index (χ4v) is 4.98. The van der Waals surface area contributed by atoms with Gasteiger partial charge in [0.15, 0.2) is 0 Å². The molecule has 0 aliphatic carbocycles. The van der Waals surface area contributed by atoms with Crippen LogP contribution in [0.15, 0.2) is 16.5 Å². The molecular formula is C23H32N2O4. The van der Waals surface area contributed by atoms with Crippen LogP contribution in [0.1, 0.15) is 61.2 Å². The van der Waals surface area contributed by atoms with E-state index in [-0.39, 0.29) is 0 Å². The van der Waals surface area contributed by atoms with Crippen molar-refractivity contribution in [3.63, 3.8) is 0 Å². The number of rotatable bonds is 7. The molecular weight excluding hydrogens is 368 g/mol. The number of hydrogen-bond donors (Lipinski definition) is 1. The highest BCUT2D eigenvalue weighted by atomic mass is 16.5. The second-order valence-corrected chi connectivity index (χ2v) is 8.15. The van der Waals surface area contributed by atoms with Crippen LogP contribution in [0.3, 0.4) is 0 Å². The van der Waals surface area contributed by atoms with E-state index in [1.54, 1.807) is 0 Å². The van der Waals surface area contributed by atoms with Crippen molar-refractivity contribution in [2.45, 2.75) is 58.5 Å². The molecule has 0 unspecified atom stereocenters. The molecule has 0 saturated carbocycles. The van der Waals surface area contributed by atoms with E-state index < -0.39 is 5.97 Å². The molecule has 3 heterocycles. The number of nitrogens with zero attached hydrogens (tertiary/aromatic N) is 2. The maximum atomic E-state index is 12.3. The average molecular weight is 401 g/mol. The zero-order valence-electron chi connectivity index (χ0n) is 17.6. The molecule has 158 valence electrons. The molecule has 2 fully saturated rings. The molecule has 4 rings (SSSR count). The van der Waals surface area contributed by atoms with E-state index in [9.17, 15) is 9.90 Å². The van der Waals surface area contributed by atoms with Gasteiger partial charge in [-0.1, -0.05) is 6.92 Å². The van der Waals surface area contributed by atoms with Gasteiger partial charge in [-0.05, 0) is 63.7 Å². The third-order valence-electron chi connectivity index (χ3n) is 6.39. The first-order valence-electron chi connectivity index (χ1n) is 11.0. The van der Waals surface area contributed by atoms with E-state index in [0.29, 0.717) is 23.6 Å². The van der Waals surface area contributed by atoms with E-state index in [0.717, 1.165) is 74.6 Å². The quantitative estimate of drug-likeness (QED) is 0.748. The number of fused-ring (bicyclic) bond motifs is 1. The smallest absolute Gasteiger partial charge is 0.336 e. The van der Waals surface area contributed by atoms with E-state index in [1.807, 2.05) is 13.0 Å². The van der Waals surface area contributed by atoms with Crippen LogP contribution >= 0.6 is 0 Å². The number of likely N-dealkylation sites (tertiary alicyclic amines) is 1. The molecule has 1 N–H and O–H groups in total. The molecule has 0 spiro atoms. The van der Waals surface area contributed by atoms with Crippen molar-refractivity contribution in [3.8, 4) is 0 Å². The second kappa shape index (κ2) is 8.76. The Bertz CT molecular complexity index is 863. The third-order valence-corrected chi connectivity index (χ3v) is 6.39. The molecule has 0 amide bonds.